The van der Waals surface area contributed by atoms with Crippen LogP contribution in [0.4, 0.5) is 4.79 Å². The number of rotatable bonds is 1. The largest absolute Gasteiger partial charge is 0.444 e. The van der Waals surface area contributed by atoms with Gasteiger partial charge in [-0.1, -0.05) is 0 Å². The van der Waals surface area contributed by atoms with Crippen molar-refractivity contribution in [3.8, 4) is 0 Å². The van der Waals surface area contributed by atoms with Crippen molar-refractivity contribution in [1.29, 1.82) is 0 Å². The average molecular weight is 334 g/mol. The topological polar surface area (TPSA) is 49.9 Å². The van der Waals surface area contributed by atoms with E-state index in [4.69, 9.17) is 4.74 Å². The molecule has 0 aromatic carbocycles. The van der Waals surface area contributed by atoms with Crippen molar-refractivity contribution < 1.29 is 14.3 Å². The van der Waals surface area contributed by atoms with E-state index >= 15 is 0 Å². The predicted octanol–water partition coefficient (Wildman–Crippen LogP) is 3.35. The first-order chi connectivity index (χ1) is 11.3. The zero-order chi connectivity index (χ0) is 17.4. The Balaban J connectivity index is 1.49. The van der Waals surface area contributed by atoms with Gasteiger partial charge in [0.2, 0.25) is 0 Å². The standard InChI is InChI=1S/C19H30N2O3/c1-18(2,3)24-17(23)21-12-8-19(9-13-21)6-10-20(11-7-19)15-4-5-16(22)14-15/h14H,4-13H2,1-3H3. The van der Waals surface area contributed by atoms with Gasteiger partial charge in [-0.2, -0.15) is 0 Å². The second-order valence-corrected chi connectivity index (χ2v) is 8.56. The molecule has 0 aromatic rings. The van der Waals surface area contributed by atoms with Crippen LogP contribution in [-0.2, 0) is 9.53 Å². The Labute approximate surface area is 145 Å². The minimum absolute atomic E-state index is 0.176. The molecule has 1 spiro atoms. The SMILES string of the molecule is CC(C)(C)OC(=O)N1CCC2(CC1)CCN(C1=CC(=O)CC1)CC2. The summed E-state index contributed by atoms with van der Waals surface area (Å²) in [6.07, 6.45) is 7.73. The number of carbonyl (C=O) groups is 2. The summed E-state index contributed by atoms with van der Waals surface area (Å²) in [7, 11) is 0. The van der Waals surface area contributed by atoms with E-state index in [0.29, 0.717) is 11.8 Å². The molecule has 24 heavy (non-hydrogen) atoms. The number of nitrogens with zero attached hydrogens (tertiary/aromatic N) is 2. The van der Waals surface area contributed by atoms with Gasteiger partial charge in [0.05, 0.1) is 0 Å². The summed E-state index contributed by atoms with van der Waals surface area (Å²) < 4.78 is 5.49. The van der Waals surface area contributed by atoms with Gasteiger partial charge in [-0.3, -0.25) is 4.79 Å². The monoisotopic (exact) mass is 334 g/mol. The normalized spacial score (nSPS) is 24.3. The van der Waals surface area contributed by atoms with E-state index in [0.717, 1.165) is 45.4 Å². The van der Waals surface area contributed by atoms with Crippen LogP contribution in [-0.4, -0.2) is 53.5 Å². The van der Waals surface area contributed by atoms with Gasteiger partial charge >= 0.3 is 6.09 Å². The average Bonchev–Trinajstić information content (AvgIpc) is 2.93. The fourth-order valence-corrected chi connectivity index (χ4v) is 4.09. The molecular formula is C19H30N2O3. The molecule has 0 N–H and O–H groups in total. The predicted molar refractivity (Wildman–Crippen MR) is 92.6 cm³/mol. The highest BCUT2D eigenvalue weighted by atomic mass is 16.6. The van der Waals surface area contributed by atoms with Crippen molar-refractivity contribution in [3.05, 3.63) is 11.8 Å². The van der Waals surface area contributed by atoms with E-state index in [2.05, 4.69) is 4.90 Å². The summed E-state index contributed by atoms with van der Waals surface area (Å²) in [6, 6.07) is 0. The van der Waals surface area contributed by atoms with Crippen LogP contribution in [0, 0.1) is 5.41 Å². The van der Waals surface area contributed by atoms with Crippen LogP contribution in [0.15, 0.2) is 11.8 Å². The number of hydrogen-bond acceptors (Lipinski definition) is 4. The fourth-order valence-electron chi connectivity index (χ4n) is 4.09. The molecule has 0 bridgehead atoms. The molecule has 5 heteroatoms. The van der Waals surface area contributed by atoms with E-state index in [-0.39, 0.29) is 11.9 Å². The molecule has 2 aliphatic heterocycles. The molecule has 1 amide bonds. The van der Waals surface area contributed by atoms with Crippen molar-refractivity contribution in [2.24, 2.45) is 5.41 Å². The Kier molecular flexibility index (Phi) is 4.63. The van der Waals surface area contributed by atoms with Gasteiger partial charge in [0.1, 0.15) is 5.60 Å². The molecular weight excluding hydrogens is 304 g/mol. The summed E-state index contributed by atoms with van der Waals surface area (Å²) in [6.45, 7) is 9.43. The van der Waals surface area contributed by atoms with Crippen LogP contribution >= 0.6 is 0 Å². The van der Waals surface area contributed by atoms with Crippen LogP contribution in [0.2, 0.25) is 0 Å². The number of likely N-dealkylation sites (tertiary alicyclic amines) is 2. The first-order valence-corrected chi connectivity index (χ1v) is 9.23. The number of carbonyl (C=O) groups excluding carboxylic acids is 2. The van der Waals surface area contributed by atoms with Gasteiger partial charge in [-0.25, -0.2) is 4.79 Å². The molecule has 134 valence electrons. The quantitative estimate of drug-likeness (QED) is 0.738. The zero-order valence-electron chi connectivity index (χ0n) is 15.3. The molecule has 2 heterocycles. The van der Waals surface area contributed by atoms with Crippen LogP contribution in [0.25, 0.3) is 0 Å². The molecule has 0 radical (unpaired) electrons. The van der Waals surface area contributed by atoms with Gasteiger partial charge in [-0.15, -0.1) is 0 Å². The number of allylic oxidation sites excluding steroid dienone is 2. The maximum absolute atomic E-state index is 12.2. The summed E-state index contributed by atoms with van der Waals surface area (Å²) in [5.41, 5.74) is 1.18. The van der Waals surface area contributed by atoms with Crippen LogP contribution in [0.3, 0.4) is 0 Å². The van der Waals surface area contributed by atoms with Crippen molar-refractivity contribution >= 4 is 11.9 Å². The summed E-state index contributed by atoms with van der Waals surface area (Å²) >= 11 is 0. The van der Waals surface area contributed by atoms with Gasteiger partial charge in [-0.05, 0) is 58.3 Å². The van der Waals surface area contributed by atoms with Gasteiger partial charge in [0.15, 0.2) is 5.78 Å². The van der Waals surface area contributed by atoms with Gasteiger partial charge in [0.25, 0.3) is 0 Å². The molecule has 0 unspecified atom stereocenters. The second-order valence-electron chi connectivity index (χ2n) is 8.56. The lowest BCUT2D eigenvalue weighted by molar-refractivity contribution is -0.114. The highest BCUT2D eigenvalue weighted by molar-refractivity contribution is 5.92. The highest BCUT2D eigenvalue weighted by Gasteiger charge is 2.39. The fraction of sp³-hybridized carbons (Fsp3) is 0.789. The number of piperidine rings is 2. The first kappa shape index (κ1) is 17.3. The third kappa shape index (κ3) is 3.93. The number of amides is 1. The number of ether oxygens (including phenoxy) is 1. The van der Waals surface area contributed by atoms with E-state index in [1.165, 1.54) is 18.5 Å². The molecule has 3 aliphatic rings. The molecule has 0 atom stereocenters. The van der Waals surface area contributed by atoms with Gasteiger partial charge in [0, 0.05) is 44.4 Å². The number of hydrogen-bond donors (Lipinski definition) is 0. The Morgan fingerprint density at radius 1 is 1.04 bits per heavy atom. The zero-order valence-corrected chi connectivity index (χ0v) is 15.3. The molecule has 2 fully saturated rings. The molecule has 2 saturated heterocycles. The van der Waals surface area contributed by atoms with E-state index in [1.807, 2.05) is 31.7 Å². The van der Waals surface area contributed by atoms with Crippen LogP contribution in [0.1, 0.15) is 59.3 Å². The number of ketones is 1. The minimum Gasteiger partial charge on any atom is -0.444 e. The Morgan fingerprint density at radius 2 is 1.62 bits per heavy atom. The lowest BCUT2D eigenvalue weighted by Gasteiger charge is -2.47. The highest BCUT2D eigenvalue weighted by Crippen LogP contribution is 2.42. The van der Waals surface area contributed by atoms with Crippen LogP contribution < -0.4 is 0 Å². The Hall–Kier alpha value is -1.52. The molecule has 5 nitrogen and oxygen atoms in total. The lowest BCUT2D eigenvalue weighted by atomic mass is 9.71. The van der Waals surface area contributed by atoms with Crippen LogP contribution in [0.5, 0.6) is 0 Å². The summed E-state index contributed by atoms with van der Waals surface area (Å²) in [5, 5.41) is 0. The molecule has 0 saturated carbocycles. The molecule has 0 aromatic heterocycles. The van der Waals surface area contributed by atoms with E-state index < -0.39 is 5.60 Å². The van der Waals surface area contributed by atoms with E-state index in [1.54, 1.807) is 0 Å². The molecule has 3 rings (SSSR count). The summed E-state index contributed by atoms with van der Waals surface area (Å²) in [5.74, 6) is 0.274. The third-order valence-electron chi connectivity index (χ3n) is 5.66. The Morgan fingerprint density at radius 3 is 2.12 bits per heavy atom. The van der Waals surface area contributed by atoms with Crippen molar-refractivity contribution in [2.75, 3.05) is 26.2 Å². The summed E-state index contributed by atoms with van der Waals surface area (Å²) in [4.78, 5) is 27.9. The smallest absolute Gasteiger partial charge is 0.410 e. The maximum Gasteiger partial charge on any atom is 0.410 e. The lowest BCUT2D eigenvalue weighted by Crippen LogP contribution is -2.48. The second kappa shape index (κ2) is 6.41. The Bertz CT molecular complexity index is 529. The van der Waals surface area contributed by atoms with Crippen molar-refractivity contribution in [3.63, 3.8) is 0 Å². The van der Waals surface area contributed by atoms with Crippen molar-refractivity contribution in [2.45, 2.75) is 64.9 Å². The minimum atomic E-state index is -0.427. The van der Waals surface area contributed by atoms with Gasteiger partial charge < -0.3 is 14.5 Å². The third-order valence-corrected chi connectivity index (χ3v) is 5.66. The van der Waals surface area contributed by atoms with E-state index in [9.17, 15) is 9.59 Å². The first-order valence-electron chi connectivity index (χ1n) is 9.23. The van der Waals surface area contributed by atoms with Crippen molar-refractivity contribution in [1.82, 2.24) is 9.80 Å². The molecule has 1 aliphatic carbocycles. The maximum atomic E-state index is 12.2.